The van der Waals surface area contributed by atoms with Crippen LogP contribution in [-0.2, 0) is 4.79 Å². The number of allylic oxidation sites excluding steroid dienone is 2. The zero-order valence-electron chi connectivity index (χ0n) is 7.55. The summed E-state index contributed by atoms with van der Waals surface area (Å²) in [5, 5.41) is 8.48. The van der Waals surface area contributed by atoms with Gasteiger partial charge in [0.25, 0.3) is 0 Å². The van der Waals surface area contributed by atoms with Crippen molar-refractivity contribution in [2.45, 2.75) is 32.6 Å². The van der Waals surface area contributed by atoms with Gasteiger partial charge in [0.1, 0.15) is 0 Å². The molecule has 0 heterocycles. The van der Waals surface area contributed by atoms with Crippen molar-refractivity contribution >= 4 is 5.97 Å². The fourth-order valence-corrected chi connectivity index (χ4v) is 0.894. The molecule has 0 spiro atoms. The van der Waals surface area contributed by atoms with Gasteiger partial charge in [-0.15, -0.1) is 0 Å². The third-order valence-corrected chi connectivity index (χ3v) is 1.58. The van der Waals surface area contributed by atoms with E-state index in [0.29, 0.717) is 0 Å². The summed E-state index contributed by atoms with van der Waals surface area (Å²) in [6.07, 6.45) is 6.84. The summed E-state index contributed by atoms with van der Waals surface area (Å²) >= 11 is 0. The Balaban J connectivity index is 3.86. The van der Waals surface area contributed by atoms with Gasteiger partial charge < -0.3 is 5.11 Å². The van der Waals surface area contributed by atoms with Crippen molar-refractivity contribution in [3.63, 3.8) is 0 Å². The summed E-state index contributed by atoms with van der Waals surface area (Å²) in [6.45, 7) is 5.67. The largest absolute Gasteiger partial charge is 0.481 e. The molecule has 68 valence electrons. The Morgan fingerprint density at radius 3 is 2.67 bits per heavy atom. The second kappa shape index (κ2) is 6.65. The second-order valence-corrected chi connectivity index (χ2v) is 2.70. The Hall–Kier alpha value is -1.05. The van der Waals surface area contributed by atoms with E-state index < -0.39 is 5.97 Å². The molecule has 0 bridgehead atoms. The molecule has 0 rings (SSSR count). The number of aliphatic carboxylic acids is 1. The highest BCUT2D eigenvalue weighted by Gasteiger charge is 1.98. The van der Waals surface area contributed by atoms with E-state index in [2.05, 4.69) is 13.5 Å². The molecule has 2 heteroatoms. The highest BCUT2D eigenvalue weighted by molar-refractivity contribution is 5.70. The van der Waals surface area contributed by atoms with E-state index in [9.17, 15) is 4.79 Å². The minimum Gasteiger partial charge on any atom is -0.481 e. The molecule has 0 aromatic rings. The average Bonchev–Trinajstić information content (AvgIpc) is 2.02. The first-order valence-corrected chi connectivity index (χ1v) is 4.24. The fourth-order valence-electron chi connectivity index (χ4n) is 0.894. The fraction of sp³-hybridized carbons (Fsp3) is 0.500. The molecule has 0 unspecified atom stereocenters. The summed E-state index contributed by atoms with van der Waals surface area (Å²) < 4.78 is 0. The summed E-state index contributed by atoms with van der Waals surface area (Å²) in [4.78, 5) is 10.3. The van der Waals surface area contributed by atoms with Crippen LogP contribution < -0.4 is 0 Å². The van der Waals surface area contributed by atoms with Crippen molar-refractivity contribution in [1.82, 2.24) is 0 Å². The highest BCUT2D eigenvalue weighted by atomic mass is 16.4. The Bertz CT molecular complexity index is 180. The van der Waals surface area contributed by atoms with Crippen LogP contribution in [0.1, 0.15) is 32.6 Å². The molecule has 0 radical (unpaired) electrons. The van der Waals surface area contributed by atoms with Gasteiger partial charge in [-0.2, -0.15) is 0 Å². The van der Waals surface area contributed by atoms with E-state index in [0.717, 1.165) is 24.8 Å². The monoisotopic (exact) mass is 168 g/mol. The number of rotatable bonds is 6. The van der Waals surface area contributed by atoms with Crippen molar-refractivity contribution in [2.24, 2.45) is 0 Å². The van der Waals surface area contributed by atoms with E-state index in [1.165, 1.54) is 0 Å². The second-order valence-electron chi connectivity index (χ2n) is 2.70. The molecule has 0 aliphatic heterocycles. The Labute approximate surface area is 73.6 Å². The van der Waals surface area contributed by atoms with Gasteiger partial charge >= 0.3 is 5.97 Å². The molecule has 0 aliphatic rings. The smallest absolute Gasteiger partial charge is 0.307 e. The Morgan fingerprint density at radius 2 is 2.25 bits per heavy atom. The lowest BCUT2D eigenvalue weighted by atomic mass is 10.1. The maximum Gasteiger partial charge on any atom is 0.307 e. The van der Waals surface area contributed by atoms with Gasteiger partial charge in [-0.05, 0) is 12.0 Å². The van der Waals surface area contributed by atoms with E-state index in [1.807, 2.05) is 6.08 Å². The minimum absolute atomic E-state index is 0.0905. The van der Waals surface area contributed by atoms with Crippen LogP contribution in [0.15, 0.2) is 24.3 Å². The van der Waals surface area contributed by atoms with Crippen LogP contribution >= 0.6 is 0 Å². The maximum atomic E-state index is 10.3. The van der Waals surface area contributed by atoms with Crippen LogP contribution in [0.4, 0.5) is 0 Å². The molecule has 2 nitrogen and oxygen atoms in total. The molecule has 12 heavy (non-hydrogen) atoms. The zero-order valence-corrected chi connectivity index (χ0v) is 7.55. The van der Waals surface area contributed by atoms with Gasteiger partial charge in [-0.25, -0.2) is 0 Å². The number of hydrogen-bond acceptors (Lipinski definition) is 1. The van der Waals surface area contributed by atoms with Crippen molar-refractivity contribution < 1.29 is 9.90 Å². The SMILES string of the molecule is C=CC(=CCCCC)CC(=O)O. The molecule has 0 aliphatic carbocycles. The average molecular weight is 168 g/mol. The molecule has 1 N–H and O–H groups in total. The topological polar surface area (TPSA) is 37.3 Å². The van der Waals surface area contributed by atoms with Crippen LogP contribution in [0.3, 0.4) is 0 Å². The minimum atomic E-state index is -0.794. The number of hydrogen-bond donors (Lipinski definition) is 1. The predicted octanol–water partition coefficient (Wildman–Crippen LogP) is 2.76. The predicted molar refractivity (Wildman–Crippen MR) is 50.1 cm³/mol. The molecule has 0 amide bonds. The van der Waals surface area contributed by atoms with Crippen LogP contribution in [-0.4, -0.2) is 11.1 Å². The van der Waals surface area contributed by atoms with Gasteiger partial charge in [0.05, 0.1) is 6.42 Å². The third-order valence-electron chi connectivity index (χ3n) is 1.58. The summed E-state index contributed by atoms with van der Waals surface area (Å²) in [7, 11) is 0. The molecular weight excluding hydrogens is 152 g/mol. The van der Waals surface area contributed by atoms with Crippen molar-refractivity contribution in [2.75, 3.05) is 0 Å². The number of carbonyl (C=O) groups is 1. The summed E-state index contributed by atoms with van der Waals surface area (Å²) in [6, 6.07) is 0. The van der Waals surface area contributed by atoms with E-state index in [4.69, 9.17) is 5.11 Å². The first-order chi connectivity index (χ1) is 5.70. The maximum absolute atomic E-state index is 10.3. The molecule has 0 aromatic carbocycles. The molecule has 0 atom stereocenters. The van der Waals surface area contributed by atoms with Crippen LogP contribution in [0, 0.1) is 0 Å². The molecule has 0 saturated heterocycles. The van der Waals surface area contributed by atoms with Crippen molar-refractivity contribution in [3.05, 3.63) is 24.3 Å². The molecule has 0 saturated carbocycles. The first kappa shape index (κ1) is 11.0. The lowest BCUT2D eigenvalue weighted by molar-refractivity contribution is -0.136. The first-order valence-electron chi connectivity index (χ1n) is 4.24. The highest BCUT2D eigenvalue weighted by Crippen LogP contribution is 2.06. The molecule has 0 aromatic heterocycles. The summed E-state index contributed by atoms with van der Waals surface area (Å²) in [5.41, 5.74) is 0.816. The van der Waals surface area contributed by atoms with Gasteiger partial charge in [0.2, 0.25) is 0 Å². The van der Waals surface area contributed by atoms with E-state index in [-0.39, 0.29) is 6.42 Å². The van der Waals surface area contributed by atoms with Gasteiger partial charge in [0.15, 0.2) is 0 Å². The zero-order chi connectivity index (χ0) is 9.40. The van der Waals surface area contributed by atoms with Crippen LogP contribution in [0.2, 0.25) is 0 Å². The number of unbranched alkanes of at least 4 members (excludes halogenated alkanes) is 2. The molecule has 0 fully saturated rings. The lowest BCUT2D eigenvalue weighted by Crippen LogP contribution is -1.95. The van der Waals surface area contributed by atoms with E-state index >= 15 is 0 Å². The Kier molecular flexibility index (Phi) is 6.07. The van der Waals surface area contributed by atoms with Crippen LogP contribution in [0.25, 0.3) is 0 Å². The van der Waals surface area contributed by atoms with Gasteiger partial charge in [-0.3, -0.25) is 4.79 Å². The van der Waals surface area contributed by atoms with E-state index in [1.54, 1.807) is 6.08 Å². The number of carboxylic acids is 1. The quantitative estimate of drug-likeness (QED) is 0.489. The summed E-state index contributed by atoms with van der Waals surface area (Å²) in [5.74, 6) is -0.794. The van der Waals surface area contributed by atoms with Crippen LogP contribution in [0.5, 0.6) is 0 Å². The third kappa shape index (κ3) is 5.71. The normalized spacial score (nSPS) is 11.2. The van der Waals surface area contributed by atoms with Crippen molar-refractivity contribution in [1.29, 1.82) is 0 Å². The van der Waals surface area contributed by atoms with Crippen molar-refractivity contribution in [3.8, 4) is 0 Å². The van der Waals surface area contributed by atoms with Gasteiger partial charge in [0, 0.05) is 0 Å². The molecular formula is C10H16O2. The van der Waals surface area contributed by atoms with Gasteiger partial charge in [-0.1, -0.05) is 38.5 Å². The Morgan fingerprint density at radius 1 is 1.58 bits per heavy atom. The number of carboxylic acid groups (broad SMARTS) is 1. The standard InChI is InChI=1S/C10H16O2/c1-3-5-6-7-9(4-2)8-10(11)12/h4,7H,2-3,5-6,8H2,1H3,(H,11,12). The lowest BCUT2D eigenvalue weighted by Gasteiger charge is -1.96.